The summed E-state index contributed by atoms with van der Waals surface area (Å²) in [6, 6.07) is 5.66. The third-order valence-corrected chi connectivity index (χ3v) is 1.94. The van der Waals surface area contributed by atoms with Crippen LogP contribution in [0.4, 0.5) is 0 Å². The molecule has 0 radical (unpaired) electrons. The maximum absolute atomic E-state index is 10.7. The van der Waals surface area contributed by atoms with E-state index in [-0.39, 0.29) is 12.3 Å². The van der Waals surface area contributed by atoms with Crippen molar-refractivity contribution in [3.05, 3.63) is 30.0 Å². The number of nitrogens with one attached hydrogen (secondary N) is 1. The van der Waals surface area contributed by atoms with Gasteiger partial charge in [0, 0.05) is 5.39 Å². The molecular formula is C9H9N3O. The molecule has 1 aromatic carbocycles. The van der Waals surface area contributed by atoms with Crippen molar-refractivity contribution in [1.29, 1.82) is 0 Å². The Morgan fingerprint density at radius 3 is 3.15 bits per heavy atom. The lowest BCUT2D eigenvalue weighted by Gasteiger charge is -1.98. The molecule has 66 valence electrons. The lowest BCUT2D eigenvalue weighted by atomic mass is 10.1. The van der Waals surface area contributed by atoms with Gasteiger partial charge in [-0.25, -0.2) is 0 Å². The monoisotopic (exact) mass is 175 g/mol. The van der Waals surface area contributed by atoms with Crippen LogP contribution in [0.1, 0.15) is 5.56 Å². The van der Waals surface area contributed by atoms with E-state index in [9.17, 15) is 4.79 Å². The van der Waals surface area contributed by atoms with Crippen LogP contribution < -0.4 is 5.73 Å². The fourth-order valence-corrected chi connectivity index (χ4v) is 1.37. The number of fused-ring (bicyclic) bond motifs is 1. The molecule has 1 amide bonds. The molecule has 1 heterocycles. The second-order valence-corrected chi connectivity index (χ2v) is 2.89. The van der Waals surface area contributed by atoms with Gasteiger partial charge in [-0.15, -0.1) is 0 Å². The highest BCUT2D eigenvalue weighted by Gasteiger charge is 2.04. The number of rotatable bonds is 2. The fraction of sp³-hybridized carbons (Fsp3) is 0.111. The van der Waals surface area contributed by atoms with Crippen LogP contribution in [-0.4, -0.2) is 16.1 Å². The Hall–Kier alpha value is -1.84. The highest BCUT2D eigenvalue weighted by atomic mass is 16.1. The molecule has 0 unspecified atom stereocenters. The number of nitrogens with two attached hydrogens (primary N) is 1. The summed E-state index contributed by atoms with van der Waals surface area (Å²) in [7, 11) is 0. The summed E-state index contributed by atoms with van der Waals surface area (Å²) < 4.78 is 0. The lowest BCUT2D eigenvalue weighted by Crippen LogP contribution is -2.13. The number of nitrogens with zero attached hydrogens (tertiary/aromatic N) is 1. The minimum Gasteiger partial charge on any atom is -0.369 e. The molecule has 0 aliphatic heterocycles. The summed E-state index contributed by atoms with van der Waals surface area (Å²) in [5.74, 6) is -0.325. The first kappa shape index (κ1) is 7.79. The number of hydrogen-bond donors (Lipinski definition) is 2. The van der Waals surface area contributed by atoms with Crippen LogP contribution in [0.25, 0.3) is 10.9 Å². The third kappa shape index (κ3) is 1.38. The van der Waals surface area contributed by atoms with Gasteiger partial charge in [0.25, 0.3) is 0 Å². The number of aromatic amines is 1. The van der Waals surface area contributed by atoms with Gasteiger partial charge in [0.1, 0.15) is 0 Å². The Kier molecular flexibility index (Phi) is 1.73. The fourth-order valence-electron chi connectivity index (χ4n) is 1.37. The number of carbonyl (C=O) groups excluding carboxylic acids is 1. The van der Waals surface area contributed by atoms with Crippen LogP contribution in [0.3, 0.4) is 0 Å². The largest absolute Gasteiger partial charge is 0.369 e. The molecule has 0 aliphatic rings. The average Bonchev–Trinajstić information content (AvgIpc) is 2.51. The van der Waals surface area contributed by atoms with E-state index >= 15 is 0 Å². The number of benzene rings is 1. The maximum Gasteiger partial charge on any atom is 0.221 e. The number of amides is 1. The highest BCUT2D eigenvalue weighted by Crippen LogP contribution is 2.15. The second-order valence-electron chi connectivity index (χ2n) is 2.89. The van der Waals surface area contributed by atoms with Gasteiger partial charge in [-0.2, -0.15) is 5.10 Å². The highest BCUT2D eigenvalue weighted by molar-refractivity contribution is 5.87. The molecular weight excluding hydrogens is 166 g/mol. The summed E-state index contributed by atoms with van der Waals surface area (Å²) in [6.07, 6.45) is 1.96. The van der Waals surface area contributed by atoms with Crippen molar-refractivity contribution in [1.82, 2.24) is 10.2 Å². The zero-order valence-corrected chi connectivity index (χ0v) is 6.95. The summed E-state index contributed by atoms with van der Waals surface area (Å²) in [5.41, 5.74) is 6.96. The van der Waals surface area contributed by atoms with Gasteiger partial charge in [-0.05, 0) is 11.6 Å². The van der Waals surface area contributed by atoms with E-state index in [1.165, 1.54) is 0 Å². The Morgan fingerprint density at radius 1 is 1.54 bits per heavy atom. The van der Waals surface area contributed by atoms with Gasteiger partial charge >= 0.3 is 0 Å². The molecule has 0 aliphatic carbocycles. The van der Waals surface area contributed by atoms with Crippen molar-refractivity contribution in [3.63, 3.8) is 0 Å². The predicted octanol–water partition coefficient (Wildman–Crippen LogP) is 0.591. The number of aromatic nitrogens is 2. The van der Waals surface area contributed by atoms with Crippen LogP contribution in [0.15, 0.2) is 24.4 Å². The van der Waals surface area contributed by atoms with Gasteiger partial charge in [0.2, 0.25) is 5.91 Å². The molecule has 4 nitrogen and oxygen atoms in total. The SMILES string of the molecule is NC(=O)Cc1cccc2[nH]ncc12. The van der Waals surface area contributed by atoms with E-state index in [4.69, 9.17) is 5.73 Å². The molecule has 2 aromatic rings. The van der Waals surface area contributed by atoms with Gasteiger partial charge < -0.3 is 5.73 Å². The van der Waals surface area contributed by atoms with Crippen molar-refractivity contribution >= 4 is 16.8 Å². The second kappa shape index (κ2) is 2.90. The van der Waals surface area contributed by atoms with Crippen molar-refractivity contribution in [2.75, 3.05) is 0 Å². The summed E-state index contributed by atoms with van der Waals surface area (Å²) >= 11 is 0. The first-order valence-corrected chi connectivity index (χ1v) is 3.96. The molecule has 0 spiro atoms. The zero-order chi connectivity index (χ0) is 9.26. The van der Waals surface area contributed by atoms with Gasteiger partial charge in [0.15, 0.2) is 0 Å². The molecule has 13 heavy (non-hydrogen) atoms. The Labute approximate surface area is 74.7 Å². The predicted molar refractivity (Wildman–Crippen MR) is 49.0 cm³/mol. The molecule has 0 saturated carbocycles. The first-order chi connectivity index (χ1) is 6.27. The van der Waals surface area contributed by atoms with Crippen LogP contribution in [0, 0.1) is 0 Å². The van der Waals surface area contributed by atoms with E-state index in [2.05, 4.69) is 10.2 Å². The quantitative estimate of drug-likeness (QED) is 0.701. The van der Waals surface area contributed by atoms with Gasteiger partial charge in [0.05, 0.1) is 18.1 Å². The molecule has 2 rings (SSSR count). The third-order valence-electron chi connectivity index (χ3n) is 1.94. The Balaban J connectivity index is 2.54. The Morgan fingerprint density at radius 2 is 2.38 bits per heavy atom. The number of carbonyl (C=O) groups is 1. The summed E-state index contributed by atoms with van der Waals surface area (Å²) in [6.45, 7) is 0. The van der Waals surface area contributed by atoms with Crippen LogP contribution in [0.5, 0.6) is 0 Å². The van der Waals surface area contributed by atoms with E-state index in [1.54, 1.807) is 6.20 Å². The molecule has 3 N–H and O–H groups in total. The molecule has 0 saturated heterocycles. The minimum atomic E-state index is -0.325. The van der Waals surface area contributed by atoms with Crippen molar-refractivity contribution in [2.24, 2.45) is 5.73 Å². The number of hydrogen-bond acceptors (Lipinski definition) is 2. The van der Waals surface area contributed by atoms with E-state index in [0.717, 1.165) is 16.5 Å². The van der Waals surface area contributed by atoms with E-state index in [1.807, 2.05) is 18.2 Å². The van der Waals surface area contributed by atoms with Crippen molar-refractivity contribution in [2.45, 2.75) is 6.42 Å². The first-order valence-electron chi connectivity index (χ1n) is 3.96. The van der Waals surface area contributed by atoms with E-state index < -0.39 is 0 Å². The maximum atomic E-state index is 10.7. The van der Waals surface area contributed by atoms with Crippen molar-refractivity contribution in [3.8, 4) is 0 Å². The Bertz CT molecular complexity index is 447. The molecule has 4 heteroatoms. The smallest absolute Gasteiger partial charge is 0.221 e. The zero-order valence-electron chi connectivity index (χ0n) is 6.95. The normalized spacial score (nSPS) is 10.5. The standard InChI is InChI=1S/C9H9N3O/c10-9(13)4-6-2-1-3-8-7(6)5-11-12-8/h1-3,5H,4H2,(H2,10,13)(H,11,12). The summed E-state index contributed by atoms with van der Waals surface area (Å²) in [4.78, 5) is 10.7. The van der Waals surface area contributed by atoms with Crippen molar-refractivity contribution < 1.29 is 4.79 Å². The molecule has 0 atom stereocenters. The van der Waals surface area contributed by atoms with Crippen LogP contribution >= 0.6 is 0 Å². The molecule has 1 aromatic heterocycles. The summed E-state index contributed by atoms with van der Waals surface area (Å²) in [5, 5.41) is 7.68. The molecule has 0 fully saturated rings. The van der Waals surface area contributed by atoms with Gasteiger partial charge in [-0.1, -0.05) is 12.1 Å². The average molecular weight is 175 g/mol. The van der Waals surface area contributed by atoms with Gasteiger partial charge in [-0.3, -0.25) is 9.89 Å². The van der Waals surface area contributed by atoms with E-state index in [0.29, 0.717) is 0 Å². The lowest BCUT2D eigenvalue weighted by molar-refractivity contribution is -0.117. The number of primary amides is 1. The number of H-pyrrole nitrogens is 1. The van der Waals surface area contributed by atoms with Crippen LogP contribution in [0.2, 0.25) is 0 Å². The molecule has 0 bridgehead atoms. The minimum absolute atomic E-state index is 0.261. The van der Waals surface area contributed by atoms with Crippen LogP contribution in [-0.2, 0) is 11.2 Å². The topological polar surface area (TPSA) is 71.8 Å².